The van der Waals surface area contributed by atoms with E-state index in [1.165, 1.54) is 77.0 Å². The first-order valence-electron chi connectivity index (χ1n) is 22.6. The second-order valence-electron chi connectivity index (χ2n) is 22.5. The molecule has 0 radical (unpaired) electrons. The Morgan fingerprint density at radius 3 is 1.70 bits per heavy atom. The first-order chi connectivity index (χ1) is 25.1. The van der Waals surface area contributed by atoms with Crippen molar-refractivity contribution < 1.29 is 28.6 Å². The quantitative estimate of drug-likeness (QED) is 0.269. The maximum Gasteiger partial charge on any atom is 0.302 e. The fourth-order valence-electron chi connectivity index (χ4n) is 20.0. The van der Waals surface area contributed by atoms with Gasteiger partial charge in [-0.2, -0.15) is 0 Å². The van der Waals surface area contributed by atoms with Crippen molar-refractivity contribution in [1.29, 1.82) is 0 Å². The molecule has 11 aliphatic rings. The number of esters is 2. The van der Waals surface area contributed by atoms with Gasteiger partial charge in [0.25, 0.3) is 0 Å². The lowest BCUT2D eigenvalue weighted by molar-refractivity contribution is -0.244. The molecule has 53 heavy (non-hydrogen) atoms. The van der Waals surface area contributed by atoms with E-state index in [0.29, 0.717) is 70.4 Å². The molecule has 0 heterocycles. The minimum atomic E-state index is -0.296. The maximum atomic E-state index is 15.4. The van der Waals surface area contributed by atoms with Gasteiger partial charge in [0.2, 0.25) is 0 Å². The van der Waals surface area contributed by atoms with E-state index in [1.54, 1.807) is 13.8 Å². The summed E-state index contributed by atoms with van der Waals surface area (Å²) in [5, 5.41) is 0. The van der Waals surface area contributed by atoms with E-state index in [2.05, 4.69) is 27.7 Å². The minimum absolute atomic E-state index is 0.0826. The maximum absolute atomic E-state index is 15.4. The van der Waals surface area contributed by atoms with E-state index in [4.69, 9.17) is 14.2 Å². The number of carbonyl (C=O) groups is 3. The van der Waals surface area contributed by atoms with Crippen LogP contribution in [0, 0.1) is 92.2 Å². The van der Waals surface area contributed by atoms with Gasteiger partial charge in [-0.15, -0.1) is 0 Å². The van der Waals surface area contributed by atoms with Crippen LogP contribution in [0.5, 0.6) is 0 Å². The highest BCUT2D eigenvalue weighted by atomic mass is 16.5. The highest BCUT2D eigenvalue weighted by Gasteiger charge is 2.83. The van der Waals surface area contributed by atoms with Gasteiger partial charge in [0, 0.05) is 32.8 Å². The fraction of sp³-hybridized carbons (Fsp3) is 0.936. The number of rotatable bonds is 3. The number of hydrogen-bond donors (Lipinski definition) is 0. The number of hydrogen-bond acceptors (Lipinski definition) is 6. The molecule has 2 bridgehead atoms. The van der Waals surface area contributed by atoms with E-state index in [9.17, 15) is 9.59 Å². The Balaban J connectivity index is 0.973. The lowest BCUT2D eigenvalue weighted by atomic mass is 9.36. The molecule has 0 aliphatic heterocycles. The van der Waals surface area contributed by atoms with Crippen LogP contribution in [0.25, 0.3) is 0 Å². The van der Waals surface area contributed by atoms with Gasteiger partial charge in [-0.1, -0.05) is 27.7 Å². The summed E-state index contributed by atoms with van der Waals surface area (Å²) in [6, 6.07) is 0. The third-order valence-electron chi connectivity index (χ3n) is 21.5. The lowest BCUT2D eigenvalue weighted by Gasteiger charge is -2.69. The highest BCUT2D eigenvalue weighted by Crippen LogP contribution is 2.84. The van der Waals surface area contributed by atoms with Crippen molar-refractivity contribution in [2.75, 3.05) is 7.11 Å². The molecular formula is C47H70O6. The summed E-state index contributed by atoms with van der Waals surface area (Å²) < 4.78 is 18.5. The summed E-state index contributed by atoms with van der Waals surface area (Å²) in [6.07, 6.45) is 21.2. The predicted octanol–water partition coefficient (Wildman–Crippen LogP) is 9.75. The molecule has 6 nitrogen and oxygen atoms in total. The molecule has 0 aromatic carbocycles. The van der Waals surface area contributed by atoms with Crippen LogP contribution in [0.4, 0.5) is 0 Å². The molecular weight excluding hydrogens is 661 g/mol. The molecule has 0 amide bonds. The lowest BCUT2D eigenvalue weighted by Crippen LogP contribution is -2.71. The van der Waals surface area contributed by atoms with Gasteiger partial charge in [-0.25, -0.2) is 0 Å². The van der Waals surface area contributed by atoms with Crippen LogP contribution in [-0.4, -0.2) is 42.6 Å². The van der Waals surface area contributed by atoms with E-state index in [0.717, 1.165) is 49.9 Å². The van der Waals surface area contributed by atoms with E-state index >= 15 is 4.79 Å². The second kappa shape index (κ2) is 11.6. The number of fused-ring (bicyclic) bond motifs is 11. The van der Waals surface area contributed by atoms with Crippen LogP contribution in [0.3, 0.4) is 0 Å². The van der Waals surface area contributed by atoms with E-state index in [1.807, 2.05) is 7.11 Å². The van der Waals surface area contributed by atoms with E-state index < -0.39 is 0 Å². The summed E-state index contributed by atoms with van der Waals surface area (Å²) in [7, 11) is 1.98. The average Bonchev–Trinajstić information content (AvgIpc) is 3.58. The third kappa shape index (κ3) is 4.40. The molecule has 1 spiro atoms. The molecule has 19 atom stereocenters. The monoisotopic (exact) mass is 731 g/mol. The number of ether oxygens (including phenoxy) is 3. The smallest absolute Gasteiger partial charge is 0.302 e. The Kier molecular flexibility index (Phi) is 7.86. The summed E-state index contributed by atoms with van der Waals surface area (Å²) in [6.45, 7) is 13.8. The number of methoxy groups -OCH3 is 1. The molecule has 11 rings (SSSR count). The van der Waals surface area contributed by atoms with Crippen LogP contribution < -0.4 is 0 Å². The number of Topliss-reactive ketones (excluding diaryl/α,β-unsaturated/α-hetero) is 1. The SMILES string of the molecule is COC12CC(=O)C3(C(CC4C5CCC6CC(OC(C)=O)CCC6(C)C5CCC43C)C1)C1CC3C4CCC5CC(OC(C)=O)CCC5(C)C4CCC3(C)C12. The molecule has 0 aromatic heterocycles. The van der Waals surface area contributed by atoms with Gasteiger partial charge in [0.15, 0.2) is 0 Å². The highest BCUT2D eigenvalue weighted by molar-refractivity contribution is 5.90. The van der Waals surface area contributed by atoms with Gasteiger partial charge in [-0.3, -0.25) is 14.4 Å². The Labute approximate surface area is 319 Å². The molecule has 294 valence electrons. The van der Waals surface area contributed by atoms with Gasteiger partial charge in [-0.05, 0) is 196 Å². The number of carbonyl (C=O) groups excluding carboxylic acids is 3. The molecule has 0 N–H and O–H groups in total. The standard InChI is InChI=1S/C47H70O6/c1-26(48)52-31-12-16-42(3)28(20-31)8-10-33-35(42)14-18-44(5)37(33)23-39-41(44)46(51-7)24-30-22-38-34-11-9-29-21-32(53-27(2)49)13-17-43(29,4)36(34)15-19-45(38,6)47(30,39)40(50)25-46/h28-39,41H,8-25H2,1-7H3. The Bertz CT molecular complexity index is 1570. The minimum Gasteiger partial charge on any atom is -0.463 e. The van der Waals surface area contributed by atoms with Crippen LogP contribution in [0.15, 0.2) is 0 Å². The summed E-state index contributed by atoms with van der Waals surface area (Å²) in [5.74, 6) is 7.31. The van der Waals surface area contributed by atoms with Gasteiger partial charge >= 0.3 is 11.9 Å². The molecule has 6 heteroatoms. The first kappa shape index (κ1) is 35.9. The number of ketones is 1. The summed E-state index contributed by atoms with van der Waals surface area (Å²) >= 11 is 0. The molecule has 19 unspecified atom stereocenters. The molecule has 11 saturated carbocycles. The zero-order valence-corrected chi connectivity index (χ0v) is 34.2. The van der Waals surface area contributed by atoms with Gasteiger partial charge < -0.3 is 14.2 Å². The van der Waals surface area contributed by atoms with Crippen LogP contribution in [0.2, 0.25) is 0 Å². The topological polar surface area (TPSA) is 78.9 Å². The largest absolute Gasteiger partial charge is 0.463 e. The second-order valence-corrected chi connectivity index (χ2v) is 22.5. The predicted molar refractivity (Wildman–Crippen MR) is 202 cm³/mol. The fourth-order valence-corrected chi connectivity index (χ4v) is 20.0. The Morgan fingerprint density at radius 2 is 1.13 bits per heavy atom. The van der Waals surface area contributed by atoms with Crippen molar-refractivity contribution in [3.05, 3.63) is 0 Å². The molecule has 11 fully saturated rings. The van der Waals surface area contributed by atoms with Crippen LogP contribution in [0.1, 0.15) is 157 Å². The third-order valence-corrected chi connectivity index (χ3v) is 21.5. The van der Waals surface area contributed by atoms with Crippen molar-refractivity contribution in [1.82, 2.24) is 0 Å². The molecule has 0 saturated heterocycles. The van der Waals surface area contributed by atoms with Crippen LogP contribution >= 0.6 is 0 Å². The Morgan fingerprint density at radius 1 is 0.585 bits per heavy atom. The van der Waals surface area contributed by atoms with Crippen molar-refractivity contribution in [3.8, 4) is 0 Å². The van der Waals surface area contributed by atoms with Crippen molar-refractivity contribution >= 4 is 17.7 Å². The summed E-state index contributed by atoms with van der Waals surface area (Å²) in [5.41, 5.74) is 0.489. The normalized spacial score (nSPS) is 58.8. The molecule has 0 aromatic rings. The average molecular weight is 731 g/mol. The van der Waals surface area contributed by atoms with Crippen molar-refractivity contribution in [2.45, 2.75) is 175 Å². The zero-order chi connectivity index (χ0) is 37.1. The van der Waals surface area contributed by atoms with Gasteiger partial charge in [0.05, 0.1) is 5.60 Å². The van der Waals surface area contributed by atoms with E-state index in [-0.39, 0.29) is 46.0 Å². The zero-order valence-electron chi connectivity index (χ0n) is 34.2. The van der Waals surface area contributed by atoms with Crippen LogP contribution in [-0.2, 0) is 28.6 Å². The van der Waals surface area contributed by atoms with Crippen molar-refractivity contribution in [2.24, 2.45) is 92.2 Å². The Hall–Kier alpha value is -1.43. The summed E-state index contributed by atoms with van der Waals surface area (Å²) in [4.78, 5) is 39.2. The van der Waals surface area contributed by atoms with Crippen molar-refractivity contribution in [3.63, 3.8) is 0 Å². The first-order valence-corrected chi connectivity index (χ1v) is 22.6. The van der Waals surface area contributed by atoms with Gasteiger partial charge in [0.1, 0.15) is 18.0 Å². The molecule has 11 aliphatic carbocycles.